The van der Waals surface area contributed by atoms with Crippen LogP contribution < -0.4 is 5.32 Å². The summed E-state index contributed by atoms with van der Waals surface area (Å²) in [5.74, 6) is -1.61. The van der Waals surface area contributed by atoms with Crippen molar-refractivity contribution in [1.29, 1.82) is 0 Å². The van der Waals surface area contributed by atoms with Crippen molar-refractivity contribution in [3.05, 3.63) is 29.3 Å². The summed E-state index contributed by atoms with van der Waals surface area (Å²) >= 11 is 0. The Kier molecular flexibility index (Phi) is 5.71. The van der Waals surface area contributed by atoms with Crippen LogP contribution in [0.4, 0.5) is 0 Å². The van der Waals surface area contributed by atoms with Gasteiger partial charge in [0.1, 0.15) is 6.04 Å². The predicted octanol–water partition coefficient (Wildman–Crippen LogP) is 1.63. The minimum Gasteiger partial charge on any atom is -0.480 e. The van der Waals surface area contributed by atoms with E-state index >= 15 is 0 Å². The maximum atomic E-state index is 12.2. The van der Waals surface area contributed by atoms with E-state index in [2.05, 4.69) is 5.32 Å². The molecule has 1 aromatic rings. The zero-order valence-electron chi connectivity index (χ0n) is 13.1. The topological polar surface area (TPSA) is 101 Å². The summed E-state index contributed by atoms with van der Waals surface area (Å²) in [4.78, 5) is 23.4. The van der Waals surface area contributed by atoms with E-state index in [0.717, 1.165) is 6.26 Å². The molecule has 0 aromatic heterocycles. The second-order valence-electron chi connectivity index (χ2n) is 5.75. The van der Waals surface area contributed by atoms with Crippen LogP contribution in [-0.2, 0) is 14.6 Å². The molecule has 0 unspecified atom stereocenters. The second-order valence-corrected chi connectivity index (χ2v) is 7.73. The molecule has 22 heavy (non-hydrogen) atoms. The Balaban J connectivity index is 3.06. The van der Waals surface area contributed by atoms with Gasteiger partial charge in [-0.1, -0.05) is 19.9 Å². The number of hydrogen-bond donors (Lipinski definition) is 2. The fourth-order valence-electron chi connectivity index (χ4n) is 2.08. The molecule has 1 amide bonds. The molecule has 0 heterocycles. The lowest BCUT2D eigenvalue weighted by Crippen LogP contribution is -2.41. The Hall–Kier alpha value is -1.89. The van der Waals surface area contributed by atoms with Crippen molar-refractivity contribution >= 4 is 21.7 Å². The van der Waals surface area contributed by atoms with E-state index in [4.69, 9.17) is 5.11 Å². The van der Waals surface area contributed by atoms with E-state index in [1.807, 2.05) is 13.8 Å². The molecule has 0 radical (unpaired) electrons. The Morgan fingerprint density at radius 1 is 1.27 bits per heavy atom. The molecular formula is C15H21NO5S. The molecule has 0 aliphatic carbocycles. The number of carbonyl (C=O) groups is 2. The van der Waals surface area contributed by atoms with Crippen LogP contribution in [0.3, 0.4) is 0 Å². The number of rotatable bonds is 6. The third-order valence-electron chi connectivity index (χ3n) is 3.16. The van der Waals surface area contributed by atoms with Gasteiger partial charge in [0, 0.05) is 11.8 Å². The maximum Gasteiger partial charge on any atom is 0.326 e. The number of benzene rings is 1. The van der Waals surface area contributed by atoms with Gasteiger partial charge >= 0.3 is 5.97 Å². The number of aryl methyl sites for hydroxylation is 1. The van der Waals surface area contributed by atoms with Gasteiger partial charge < -0.3 is 10.4 Å². The molecule has 1 rings (SSSR count). The number of carbonyl (C=O) groups excluding carboxylic acids is 1. The van der Waals surface area contributed by atoms with Gasteiger partial charge in [0.05, 0.1) is 4.90 Å². The van der Waals surface area contributed by atoms with Crippen LogP contribution in [0.2, 0.25) is 0 Å². The average molecular weight is 327 g/mol. The molecule has 122 valence electrons. The Bertz CT molecular complexity index is 679. The number of carboxylic acid groups (broad SMARTS) is 1. The van der Waals surface area contributed by atoms with Crippen LogP contribution in [-0.4, -0.2) is 37.7 Å². The molecule has 1 atom stereocenters. The van der Waals surface area contributed by atoms with E-state index < -0.39 is 27.8 Å². The van der Waals surface area contributed by atoms with Gasteiger partial charge in [-0.25, -0.2) is 13.2 Å². The van der Waals surface area contributed by atoms with Crippen molar-refractivity contribution in [3.63, 3.8) is 0 Å². The molecule has 7 heteroatoms. The van der Waals surface area contributed by atoms with Crippen molar-refractivity contribution in [2.45, 2.75) is 38.1 Å². The Labute approximate surface area is 130 Å². The van der Waals surface area contributed by atoms with E-state index in [1.54, 1.807) is 6.92 Å². The summed E-state index contributed by atoms with van der Waals surface area (Å²) in [5.41, 5.74) is 0.664. The van der Waals surface area contributed by atoms with Gasteiger partial charge in [0.25, 0.3) is 5.91 Å². The van der Waals surface area contributed by atoms with Gasteiger partial charge in [0.15, 0.2) is 9.84 Å². The monoisotopic (exact) mass is 327 g/mol. The van der Waals surface area contributed by atoms with Crippen molar-refractivity contribution in [3.8, 4) is 0 Å². The van der Waals surface area contributed by atoms with Crippen LogP contribution in [0.5, 0.6) is 0 Å². The van der Waals surface area contributed by atoms with Crippen LogP contribution in [0, 0.1) is 12.8 Å². The Morgan fingerprint density at radius 3 is 2.32 bits per heavy atom. The Morgan fingerprint density at radius 2 is 1.86 bits per heavy atom. The lowest BCUT2D eigenvalue weighted by Gasteiger charge is -2.17. The van der Waals surface area contributed by atoms with Crippen LogP contribution >= 0.6 is 0 Å². The maximum absolute atomic E-state index is 12.2. The quantitative estimate of drug-likeness (QED) is 0.827. The van der Waals surface area contributed by atoms with Gasteiger partial charge in [-0.15, -0.1) is 0 Å². The molecule has 0 saturated carbocycles. The average Bonchev–Trinajstić information content (AvgIpc) is 2.36. The summed E-state index contributed by atoms with van der Waals surface area (Å²) in [5, 5.41) is 11.6. The highest BCUT2D eigenvalue weighted by Gasteiger charge is 2.22. The zero-order chi connectivity index (χ0) is 17.1. The van der Waals surface area contributed by atoms with Crippen LogP contribution in [0.1, 0.15) is 36.2 Å². The summed E-state index contributed by atoms with van der Waals surface area (Å²) < 4.78 is 23.4. The standard InChI is InChI=1S/C15H21NO5S/c1-9(2)7-12(15(18)19)16-14(17)11-6-5-10(3)13(8-11)22(4,20)21/h5-6,8-9,12H,7H2,1-4H3,(H,16,17)(H,18,19)/t12-/m0/s1. The molecule has 0 saturated heterocycles. The van der Waals surface area contributed by atoms with Gasteiger partial charge in [-0.2, -0.15) is 0 Å². The highest BCUT2D eigenvalue weighted by Crippen LogP contribution is 2.17. The third kappa shape index (κ3) is 4.84. The van der Waals surface area contributed by atoms with Gasteiger partial charge in [0.2, 0.25) is 0 Å². The number of nitrogens with one attached hydrogen (secondary N) is 1. The zero-order valence-corrected chi connectivity index (χ0v) is 13.9. The largest absolute Gasteiger partial charge is 0.480 e. The smallest absolute Gasteiger partial charge is 0.326 e. The number of hydrogen-bond acceptors (Lipinski definition) is 4. The molecule has 0 aliphatic heterocycles. The van der Waals surface area contributed by atoms with Crippen molar-refractivity contribution in [2.75, 3.05) is 6.26 Å². The lowest BCUT2D eigenvalue weighted by atomic mass is 10.0. The van der Waals surface area contributed by atoms with Crippen LogP contribution in [0.25, 0.3) is 0 Å². The summed E-state index contributed by atoms with van der Waals surface area (Å²) in [7, 11) is -3.45. The fraction of sp³-hybridized carbons (Fsp3) is 0.467. The lowest BCUT2D eigenvalue weighted by molar-refractivity contribution is -0.139. The molecule has 1 aromatic carbocycles. The molecule has 0 bridgehead atoms. The molecular weight excluding hydrogens is 306 g/mol. The number of carboxylic acids is 1. The second kappa shape index (κ2) is 6.91. The fourth-order valence-corrected chi connectivity index (χ4v) is 3.07. The summed E-state index contributed by atoms with van der Waals surface area (Å²) in [6.07, 6.45) is 1.36. The van der Waals surface area contributed by atoms with Crippen molar-refractivity contribution in [2.24, 2.45) is 5.92 Å². The van der Waals surface area contributed by atoms with E-state index in [9.17, 15) is 18.0 Å². The molecule has 0 spiro atoms. The van der Waals surface area contributed by atoms with Gasteiger partial charge in [-0.05, 0) is 37.0 Å². The first-order valence-electron chi connectivity index (χ1n) is 6.86. The summed E-state index contributed by atoms with van der Waals surface area (Å²) in [6, 6.07) is 3.28. The van der Waals surface area contributed by atoms with E-state index in [0.29, 0.717) is 12.0 Å². The SMILES string of the molecule is Cc1ccc(C(=O)N[C@@H](CC(C)C)C(=O)O)cc1S(C)(=O)=O. The first kappa shape index (κ1) is 18.2. The van der Waals surface area contributed by atoms with E-state index in [1.165, 1.54) is 18.2 Å². The predicted molar refractivity (Wildman–Crippen MR) is 82.6 cm³/mol. The number of amides is 1. The minimum atomic E-state index is -3.45. The minimum absolute atomic E-state index is 0.0656. The van der Waals surface area contributed by atoms with Crippen LogP contribution in [0.15, 0.2) is 23.1 Å². The first-order chi connectivity index (χ1) is 10.0. The van der Waals surface area contributed by atoms with E-state index in [-0.39, 0.29) is 16.4 Å². The molecule has 2 N–H and O–H groups in total. The summed E-state index contributed by atoms with van der Waals surface area (Å²) in [6.45, 7) is 5.35. The molecule has 6 nitrogen and oxygen atoms in total. The van der Waals surface area contributed by atoms with Crippen molar-refractivity contribution in [1.82, 2.24) is 5.32 Å². The first-order valence-corrected chi connectivity index (χ1v) is 8.76. The normalized spacial score (nSPS) is 13.0. The van der Waals surface area contributed by atoms with Crippen molar-refractivity contribution < 1.29 is 23.1 Å². The number of aliphatic carboxylic acids is 1. The van der Waals surface area contributed by atoms with Gasteiger partial charge in [-0.3, -0.25) is 4.79 Å². The third-order valence-corrected chi connectivity index (χ3v) is 4.40. The molecule has 0 aliphatic rings. The highest BCUT2D eigenvalue weighted by molar-refractivity contribution is 7.90. The molecule has 0 fully saturated rings. The number of sulfone groups is 1. The highest BCUT2D eigenvalue weighted by atomic mass is 32.2.